The van der Waals surface area contributed by atoms with Crippen LogP contribution < -0.4 is 5.73 Å². The van der Waals surface area contributed by atoms with E-state index in [1.807, 2.05) is 0 Å². The number of carbonyl (C=O) groups is 1. The van der Waals surface area contributed by atoms with Crippen LogP contribution in [-0.4, -0.2) is 23.4 Å². The van der Waals surface area contributed by atoms with Crippen LogP contribution in [0.15, 0.2) is 17.0 Å². The molecule has 16 heavy (non-hydrogen) atoms. The molecule has 0 spiro atoms. The van der Waals surface area contributed by atoms with Crippen LogP contribution in [-0.2, 0) is 11.2 Å². The van der Waals surface area contributed by atoms with E-state index in [-0.39, 0.29) is 16.9 Å². The second-order valence-corrected chi connectivity index (χ2v) is 4.05. The lowest BCUT2D eigenvalue weighted by atomic mass is 10.1. The number of thioether (sulfide) groups is 1. The molecule has 1 aromatic rings. The maximum absolute atomic E-state index is 13.4. The summed E-state index contributed by atoms with van der Waals surface area (Å²) in [7, 11) is 0. The Kier molecular flexibility index (Phi) is 4.26. The first kappa shape index (κ1) is 12.9. The van der Waals surface area contributed by atoms with Crippen LogP contribution >= 0.6 is 11.8 Å². The monoisotopic (exact) mass is 247 g/mol. The first-order valence-electron chi connectivity index (χ1n) is 4.46. The van der Waals surface area contributed by atoms with Crippen LogP contribution in [0.4, 0.5) is 8.78 Å². The van der Waals surface area contributed by atoms with Gasteiger partial charge < -0.3 is 10.8 Å². The number of nitrogens with two attached hydrogens (primary N) is 1. The van der Waals surface area contributed by atoms with E-state index in [4.69, 9.17) is 10.8 Å². The Balaban J connectivity index is 2.99. The topological polar surface area (TPSA) is 63.3 Å². The Bertz CT molecular complexity index is 412. The number of hydrogen-bond donors (Lipinski definition) is 2. The Morgan fingerprint density at radius 3 is 2.62 bits per heavy atom. The minimum Gasteiger partial charge on any atom is -0.480 e. The molecule has 6 heteroatoms. The number of carboxylic acids is 1. The van der Waals surface area contributed by atoms with Crippen LogP contribution in [0.5, 0.6) is 0 Å². The summed E-state index contributed by atoms with van der Waals surface area (Å²) in [4.78, 5) is 10.7. The Morgan fingerprint density at radius 2 is 2.12 bits per heavy atom. The summed E-state index contributed by atoms with van der Waals surface area (Å²) < 4.78 is 26.8. The SMILES string of the molecule is CSc1ccc(CC(N)C(=O)O)c(F)c1F. The molecule has 0 radical (unpaired) electrons. The highest BCUT2D eigenvalue weighted by atomic mass is 32.2. The summed E-state index contributed by atoms with van der Waals surface area (Å²) in [6.07, 6.45) is 1.40. The summed E-state index contributed by atoms with van der Waals surface area (Å²) in [5.74, 6) is -3.22. The molecule has 0 bridgehead atoms. The Hall–Kier alpha value is -1.14. The maximum Gasteiger partial charge on any atom is 0.320 e. The van der Waals surface area contributed by atoms with Crippen molar-refractivity contribution in [2.75, 3.05) is 6.26 Å². The highest BCUT2D eigenvalue weighted by Crippen LogP contribution is 2.24. The van der Waals surface area contributed by atoms with Gasteiger partial charge in [0.25, 0.3) is 0 Å². The van der Waals surface area contributed by atoms with E-state index >= 15 is 0 Å². The zero-order valence-corrected chi connectivity index (χ0v) is 9.35. The molecule has 0 heterocycles. The van der Waals surface area contributed by atoms with Gasteiger partial charge in [-0.1, -0.05) is 6.07 Å². The van der Waals surface area contributed by atoms with Crippen molar-refractivity contribution in [3.63, 3.8) is 0 Å². The highest BCUT2D eigenvalue weighted by molar-refractivity contribution is 7.98. The second kappa shape index (κ2) is 5.27. The van der Waals surface area contributed by atoms with E-state index in [9.17, 15) is 13.6 Å². The number of hydrogen-bond acceptors (Lipinski definition) is 3. The molecule has 0 aromatic heterocycles. The van der Waals surface area contributed by atoms with E-state index in [0.717, 1.165) is 11.8 Å². The summed E-state index contributed by atoms with van der Waals surface area (Å²) in [6, 6.07) is 1.54. The van der Waals surface area contributed by atoms with Gasteiger partial charge in [0.05, 0.1) is 0 Å². The largest absolute Gasteiger partial charge is 0.480 e. The highest BCUT2D eigenvalue weighted by Gasteiger charge is 2.18. The molecule has 88 valence electrons. The predicted octanol–water partition coefficient (Wildman–Crippen LogP) is 1.64. The van der Waals surface area contributed by atoms with Crippen molar-refractivity contribution >= 4 is 17.7 Å². The quantitative estimate of drug-likeness (QED) is 0.794. The molecule has 3 N–H and O–H groups in total. The molecule has 1 aromatic carbocycles. The van der Waals surface area contributed by atoms with Gasteiger partial charge in [-0.2, -0.15) is 0 Å². The van der Waals surface area contributed by atoms with E-state index in [1.54, 1.807) is 6.26 Å². The molecule has 0 saturated heterocycles. The third kappa shape index (κ3) is 2.70. The fraction of sp³-hybridized carbons (Fsp3) is 0.300. The van der Waals surface area contributed by atoms with E-state index < -0.39 is 23.6 Å². The summed E-state index contributed by atoms with van der Waals surface area (Å²) in [5, 5.41) is 8.56. The molecular formula is C10H11F2NO2S. The van der Waals surface area contributed by atoms with Crippen LogP contribution in [0.2, 0.25) is 0 Å². The van der Waals surface area contributed by atoms with Crippen LogP contribution in [0, 0.1) is 11.6 Å². The van der Waals surface area contributed by atoms with Crippen molar-refractivity contribution < 1.29 is 18.7 Å². The molecule has 1 unspecified atom stereocenters. The molecule has 0 saturated carbocycles. The zero-order chi connectivity index (χ0) is 12.3. The summed E-state index contributed by atoms with van der Waals surface area (Å²) in [6.45, 7) is 0. The summed E-state index contributed by atoms with van der Waals surface area (Å²) >= 11 is 1.08. The first-order chi connectivity index (χ1) is 7.47. The van der Waals surface area contributed by atoms with E-state index in [0.29, 0.717) is 0 Å². The van der Waals surface area contributed by atoms with Gasteiger partial charge in [0.15, 0.2) is 11.6 Å². The minimum absolute atomic E-state index is 0.0230. The molecule has 0 amide bonds. The average molecular weight is 247 g/mol. The fourth-order valence-electron chi connectivity index (χ4n) is 1.21. The number of benzene rings is 1. The molecule has 0 fully saturated rings. The van der Waals surface area contributed by atoms with Gasteiger partial charge in [0.1, 0.15) is 6.04 Å². The smallest absolute Gasteiger partial charge is 0.320 e. The molecule has 3 nitrogen and oxygen atoms in total. The molecule has 1 rings (SSSR count). The van der Waals surface area contributed by atoms with Crippen LogP contribution in [0.3, 0.4) is 0 Å². The fourth-order valence-corrected chi connectivity index (χ4v) is 1.68. The average Bonchev–Trinajstić information content (AvgIpc) is 2.25. The van der Waals surface area contributed by atoms with Crippen LogP contribution in [0.1, 0.15) is 5.56 Å². The van der Waals surface area contributed by atoms with Crippen molar-refractivity contribution in [1.82, 2.24) is 0 Å². The second-order valence-electron chi connectivity index (χ2n) is 3.20. The van der Waals surface area contributed by atoms with Crippen molar-refractivity contribution in [1.29, 1.82) is 0 Å². The Morgan fingerprint density at radius 1 is 1.50 bits per heavy atom. The third-order valence-electron chi connectivity index (χ3n) is 2.10. The van der Waals surface area contributed by atoms with Crippen molar-refractivity contribution in [3.05, 3.63) is 29.3 Å². The van der Waals surface area contributed by atoms with Crippen LogP contribution in [0.25, 0.3) is 0 Å². The predicted molar refractivity (Wildman–Crippen MR) is 57.5 cm³/mol. The molecular weight excluding hydrogens is 236 g/mol. The van der Waals surface area contributed by atoms with Crippen molar-refractivity contribution in [3.8, 4) is 0 Å². The van der Waals surface area contributed by atoms with Gasteiger partial charge >= 0.3 is 5.97 Å². The zero-order valence-electron chi connectivity index (χ0n) is 8.54. The molecule has 1 atom stereocenters. The van der Waals surface area contributed by atoms with Gasteiger partial charge in [0, 0.05) is 11.3 Å². The standard InChI is InChI=1S/C10H11F2NO2S/c1-16-7-3-2-5(8(11)9(7)12)4-6(13)10(14)15/h2-3,6H,4,13H2,1H3,(H,14,15). The third-order valence-corrected chi connectivity index (χ3v) is 2.86. The van der Waals surface area contributed by atoms with Crippen molar-refractivity contribution in [2.45, 2.75) is 17.4 Å². The minimum atomic E-state index is -1.24. The maximum atomic E-state index is 13.4. The molecule has 0 aliphatic heterocycles. The molecule has 0 aliphatic rings. The van der Waals surface area contributed by atoms with Gasteiger partial charge in [0.2, 0.25) is 0 Å². The van der Waals surface area contributed by atoms with Gasteiger partial charge in [-0.3, -0.25) is 4.79 Å². The first-order valence-corrected chi connectivity index (χ1v) is 5.69. The Labute approximate surface area is 95.6 Å². The number of carboxylic acid groups (broad SMARTS) is 1. The lowest BCUT2D eigenvalue weighted by Gasteiger charge is -2.09. The number of aliphatic carboxylic acids is 1. The normalized spacial score (nSPS) is 12.5. The molecule has 0 aliphatic carbocycles. The lowest BCUT2D eigenvalue weighted by Crippen LogP contribution is -2.32. The van der Waals surface area contributed by atoms with Gasteiger partial charge in [-0.15, -0.1) is 11.8 Å². The number of rotatable bonds is 4. The van der Waals surface area contributed by atoms with E-state index in [2.05, 4.69) is 0 Å². The summed E-state index contributed by atoms with van der Waals surface area (Å²) in [5.41, 5.74) is 5.22. The van der Waals surface area contributed by atoms with Gasteiger partial charge in [-0.05, 0) is 17.9 Å². The number of halogens is 2. The lowest BCUT2D eigenvalue weighted by molar-refractivity contribution is -0.138. The van der Waals surface area contributed by atoms with E-state index in [1.165, 1.54) is 12.1 Å². The van der Waals surface area contributed by atoms with Crippen molar-refractivity contribution in [2.24, 2.45) is 5.73 Å². The van der Waals surface area contributed by atoms with Gasteiger partial charge in [-0.25, -0.2) is 8.78 Å².